The van der Waals surface area contributed by atoms with E-state index in [1.165, 1.54) is 12.1 Å². The molecule has 0 radical (unpaired) electrons. The van der Waals surface area contributed by atoms with E-state index in [1.54, 1.807) is 48.4 Å². The second-order valence-corrected chi connectivity index (χ2v) is 9.39. The Bertz CT molecular complexity index is 1610. The van der Waals surface area contributed by atoms with Gasteiger partial charge in [0.05, 0.1) is 36.8 Å². The smallest absolute Gasteiger partial charge is 0.322 e. The van der Waals surface area contributed by atoms with Gasteiger partial charge >= 0.3 is 6.03 Å². The first-order valence-electron chi connectivity index (χ1n) is 12.9. The van der Waals surface area contributed by atoms with Crippen molar-refractivity contribution in [3.63, 3.8) is 0 Å². The van der Waals surface area contributed by atoms with E-state index < -0.39 is 6.04 Å². The number of methoxy groups -OCH3 is 1. The van der Waals surface area contributed by atoms with Crippen molar-refractivity contribution in [1.29, 1.82) is 0 Å². The molecule has 1 unspecified atom stereocenters. The molecule has 1 atom stereocenters. The SMILES string of the molecule is CCc1nn(-c2ccccc2)c2c1CN(C(=O)Nc1ccc(OC)cc1)C(c1ccc(F)cc1)c1cccn1-2. The Morgan fingerprint density at radius 2 is 1.74 bits per heavy atom. The zero-order chi connectivity index (χ0) is 26.9. The van der Waals surface area contributed by atoms with Gasteiger partial charge < -0.3 is 19.5 Å². The maximum Gasteiger partial charge on any atom is 0.322 e. The molecule has 0 fully saturated rings. The number of nitrogens with one attached hydrogen (secondary N) is 1. The molecule has 2 amide bonds. The van der Waals surface area contributed by atoms with Gasteiger partial charge in [-0.15, -0.1) is 0 Å². The monoisotopic (exact) mass is 521 g/mol. The normalized spacial score (nSPS) is 14.3. The highest BCUT2D eigenvalue weighted by atomic mass is 19.1. The van der Waals surface area contributed by atoms with Crippen molar-refractivity contribution in [1.82, 2.24) is 19.2 Å². The van der Waals surface area contributed by atoms with Gasteiger partial charge in [-0.25, -0.2) is 13.9 Å². The Morgan fingerprint density at radius 3 is 2.44 bits per heavy atom. The number of ether oxygens (including phenoxy) is 1. The lowest BCUT2D eigenvalue weighted by molar-refractivity contribution is 0.194. The van der Waals surface area contributed by atoms with Gasteiger partial charge in [0.15, 0.2) is 0 Å². The van der Waals surface area contributed by atoms with Crippen LogP contribution in [-0.2, 0) is 13.0 Å². The van der Waals surface area contributed by atoms with E-state index in [0.717, 1.165) is 34.0 Å². The summed E-state index contributed by atoms with van der Waals surface area (Å²) < 4.78 is 23.3. The van der Waals surface area contributed by atoms with Gasteiger partial charge in [-0.1, -0.05) is 37.3 Å². The largest absolute Gasteiger partial charge is 0.497 e. The summed E-state index contributed by atoms with van der Waals surface area (Å²) in [6, 6.07) is 26.8. The van der Waals surface area contributed by atoms with Gasteiger partial charge in [0.25, 0.3) is 0 Å². The van der Waals surface area contributed by atoms with Crippen LogP contribution in [0.25, 0.3) is 11.5 Å². The summed E-state index contributed by atoms with van der Waals surface area (Å²) in [6.07, 6.45) is 2.70. The van der Waals surface area contributed by atoms with Crippen molar-refractivity contribution in [3.05, 3.63) is 126 Å². The fourth-order valence-electron chi connectivity index (χ4n) is 5.21. The molecule has 0 saturated carbocycles. The Kier molecular flexibility index (Phi) is 6.36. The quantitative estimate of drug-likeness (QED) is 0.287. The summed E-state index contributed by atoms with van der Waals surface area (Å²) in [5.41, 5.74) is 5.15. The third-order valence-corrected chi connectivity index (χ3v) is 7.09. The molecular weight excluding hydrogens is 493 g/mol. The highest BCUT2D eigenvalue weighted by Gasteiger charge is 2.36. The van der Waals surface area contributed by atoms with Crippen LogP contribution in [0.15, 0.2) is 97.2 Å². The van der Waals surface area contributed by atoms with E-state index >= 15 is 0 Å². The molecular formula is C31H28FN5O2. The van der Waals surface area contributed by atoms with Gasteiger partial charge in [-0.05, 0) is 72.6 Å². The van der Waals surface area contributed by atoms with Crippen LogP contribution in [0.3, 0.4) is 0 Å². The van der Waals surface area contributed by atoms with Crippen molar-refractivity contribution in [2.24, 2.45) is 0 Å². The third-order valence-electron chi connectivity index (χ3n) is 7.09. The van der Waals surface area contributed by atoms with Crippen LogP contribution in [0.4, 0.5) is 14.9 Å². The van der Waals surface area contributed by atoms with Crippen molar-refractivity contribution in [2.75, 3.05) is 12.4 Å². The van der Waals surface area contributed by atoms with E-state index in [4.69, 9.17) is 9.84 Å². The first kappa shape index (κ1) is 24.5. The maximum atomic E-state index is 14.0. The average molecular weight is 522 g/mol. The molecule has 2 aromatic heterocycles. The zero-order valence-electron chi connectivity index (χ0n) is 21.7. The molecule has 7 nitrogen and oxygen atoms in total. The minimum Gasteiger partial charge on any atom is -0.497 e. The van der Waals surface area contributed by atoms with Gasteiger partial charge in [0.1, 0.15) is 17.4 Å². The first-order chi connectivity index (χ1) is 19.1. The van der Waals surface area contributed by atoms with Gasteiger partial charge in [0, 0.05) is 17.4 Å². The summed E-state index contributed by atoms with van der Waals surface area (Å²) >= 11 is 0. The molecule has 6 rings (SSSR count). The molecule has 3 aromatic carbocycles. The Hall–Kier alpha value is -4.85. The molecule has 0 saturated heterocycles. The Balaban J connectivity index is 1.52. The fourth-order valence-corrected chi connectivity index (χ4v) is 5.21. The number of halogens is 1. The van der Waals surface area contributed by atoms with Crippen LogP contribution >= 0.6 is 0 Å². The lowest BCUT2D eigenvalue weighted by atomic mass is 10.0. The standard InChI is InChI=1S/C31H28FN5O2/c1-3-27-26-20-36(31(38)33-23-15-17-25(39-2)18-16-23)29(21-11-13-22(32)14-12-21)28-10-7-19-35(28)30(26)37(34-27)24-8-5-4-6-9-24/h4-19,29H,3,20H2,1-2H3,(H,33,38). The van der Waals surface area contributed by atoms with E-state index in [0.29, 0.717) is 24.4 Å². The molecule has 8 heteroatoms. The molecule has 5 aromatic rings. The number of amides is 2. The van der Waals surface area contributed by atoms with Crippen LogP contribution in [-0.4, -0.2) is 32.4 Å². The lowest BCUT2D eigenvalue weighted by Crippen LogP contribution is -2.38. The number of carbonyl (C=O) groups excluding carboxylic acids is 1. The van der Waals surface area contributed by atoms with Crippen molar-refractivity contribution < 1.29 is 13.9 Å². The lowest BCUT2D eigenvalue weighted by Gasteiger charge is -2.31. The number of fused-ring (bicyclic) bond motifs is 3. The predicted molar refractivity (Wildman–Crippen MR) is 148 cm³/mol. The maximum absolute atomic E-state index is 14.0. The van der Waals surface area contributed by atoms with Gasteiger partial charge in [0.2, 0.25) is 0 Å². The average Bonchev–Trinajstić information content (AvgIpc) is 3.56. The van der Waals surface area contributed by atoms with Crippen LogP contribution in [0, 0.1) is 5.82 Å². The molecule has 3 heterocycles. The molecule has 1 aliphatic heterocycles. The molecule has 0 bridgehead atoms. The summed E-state index contributed by atoms with van der Waals surface area (Å²) in [5.74, 6) is 1.27. The first-order valence-corrected chi connectivity index (χ1v) is 12.9. The second kappa shape index (κ2) is 10.1. The third kappa shape index (κ3) is 4.44. The number of aryl methyl sites for hydroxylation is 1. The molecule has 0 aliphatic carbocycles. The number of hydrogen-bond acceptors (Lipinski definition) is 3. The van der Waals surface area contributed by atoms with Crippen LogP contribution in [0.2, 0.25) is 0 Å². The van der Waals surface area contributed by atoms with E-state index in [1.807, 2.05) is 53.3 Å². The Morgan fingerprint density at radius 1 is 1.00 bits per heavy atom. The molecule has 1 N–H and O–H groups in total. The second-order valence-electron chi connectivity index (χ2n) is 9.39. The van der Waals surface area contributed by atoms with Gasteiger partial charge in [-0.3, -0.25) is 0 Å². The topological polar surface area (TPSA) is 64.3 Å². The number of para-hydroxylation sites is 1. The number of hydrogen-bond donors (Lipinski definition) is 1. The highest BCUT2D eigenvalue weighted by Crippen LogP contribution is 2.39. The molecule has 196 valence electrons. The fraction of sp³-hybridized carbons (Fsp3) is 0.161. The van der Waals surface area contributed by atoms with Crippen LogP contribution < -0.4 is 10.1 Å². The predicted octanol–water partition coefficient (Wildman–Crippen LogP) is 6.51. The van der Waals surface area contributed by atoms with Gasteiger partial charge in [-0.2, -0.15) is 5.10 Å². The molecule has 39 heavy (non-hydrogen) atoms. The number of rotatable bonds is 5. The number of anilines is 1. The van der Waals surface area contributed by atoms with Crippen LogP contribution in [0.5, 0.6) is 5.75 Å². The summed E-state index contributed by atoms with van der Waals surface area (Å²) in [4.78, 5) is 15.8. The summed E-state index contributed by atoms with van der Waals surface area (Å²) in [5, 5.41) is 8.03. The Labute approximate surface area is 226 Å². The molecule has 1 aliphatic rings. The minimum absolute atomic E-state index is 0.274. The highest BCUT2D eigenvalue weighted by molar-refractivity contribution is 5.90. The summed E-state index contributed by atoms with van der Waals surface area (Å²) in [6.45, 7) is 2.38. The van der Waals surface area contributed by atoms with Crippen molar-refractivity contribution in [2.45, 2.75) is 25.9 Å². The number of urea groups is 1. The van der Waals surface area contributed by atoms with Crippen molar-refractivity contribution in [3.8, 4) is 17.3 Å². The number of carbonyl (C=O) groups is 1. The van der Waals surface area contributed by atoms with E-state index in [2.05, 4.69) is 16.8 Å². The number of aromatic nitrogens is 3. The molecule has 0 spiro atoms. The number of nitrogens with zero attached hydrogens (tertiary/aromatic N) is 4. The minimum atomic E-state index is -0.472. The van der Waals surface area contributed by atoms with Crippen molar-refractivity contribution >= 4 is 11.7 Å². The summed E-state index contributed by atoms with van der Waals surface area (Å²) in [7, 11) is 1.60. The van der Waals surface area contributed by atoms with Crippen LogP contribution in [0.1, 0.15) is 35.5 Å². The number of benzene rings is 3. The van der Waals surface area contributed by atoms with E-state index in [9.17, 15) is 9.18 Å². The van der Waals surface area contributed by atoms with E-state index in [-0.39, 0.29) is 11.8 Å². The zero-order valence-corrected chi connectivity index (χ0v) is 21.7.